The van der Waals surface area contributed by atoms with Crippen molar-refractivity contribution in [2.45, 2.75) is 58.0 Å². The minimum Gasteiger partial charge on any atom is -0.358 e. The molecule has 1 aliphatic rings. The number of H-pyrrole nitrogens is 1. The first-order valence-corrected chi connectivity index (χ1v) is 8.15. The lowest BCUT2D eigenvalue weighted by Crippen LogP contribution is -2.54. The molecule has 4 nitrogen and oxygen atoms in total. The van der Waals surface area contributed by atoms with Crippen molar-refractivity contribution in [2.75, 3.05) is 0 Å². The molecule has 1 saturated carbocycles. The highest BCUT2D eigenvalue weighted by Gasteiger charge is 2.34. The Kier molecular flexibility index (Phi) is 3.96. The predicted molar refractivity (Wildman–Crippen MR) is 89.6 cm³/mol. The molecule has 22 heavy (non-hydrogen) atoms. The van der Waals surface area contributed by atoms with Crippen LogP contribution < -0.4 is 11.1 Å². The minimum atomic E-state index is -0.664. The second kappa shape index (κ2) is 5.76. The van der Waals surface area contributed by atoms with E-state index in [0.717, 1.165) is 36.8 Å². The Balaban J connectivity index is 1.71. The fourth-order valence-electron chi connectivity index (χ4n) is 3.39. The Morgan fingerprint density at radius 3 is 2.73 bits per heavy atom. The largest absolute Gasteiger partial charge is 0.358 e. The second-order valence-electron chi connectivity index (χ2n) is 6.65. The first-order valence-electron chi connectivity index (χ1n) is 8.15. The lowest BCUT2D eigenvalue weighted by atomic mass is 9.82. The molecule has 1 amide bonds. The van der Waals surface area contributed by atoms with Crippen LogP contribution in [0.5, 0.6) is 0 Å². The van der Waals surface area contributed by atoms with Gasteiger partial charge in [0.1, 0.15) is 0 Å². The third kappa shape index (κ3) is 2.75. The Morgan fingerprint density at radius 1 is 1.27 bits per heavy atom. The van der Waals surface area contributed by atoms with E-state index in [9.17, 15) is 4.79 Å². The van der Waals surface area contributed by atoms with Crippen molar-refractivity contribution in [3.05, 3.63) is 35.0 Å². The van der Waals surface area contributed by atoms with E-state index in [0.29, 0.717) is 6.54 Å². The van der Waals surface area contributed by atoms with Gasteiger partial charge in [-0.3, -0.25) is 4.79 Å². The van der Waals surface area contributed by atoms with Crippen LogP contribution in [-0.2, 0) is 11.3 Å². The molecule has 0 spiro atoms. The van der Waals surface area contributed by atoms with Gasteiger partial charge in [-0.1, -0.05) is 25.3 Å². The van der Waals surface area contributed by atoms with Gasteiger partial charge in [-0.2, -0.15) is 0 Å². The molecule has 4 heteroatoms. The third-order valence-electron chi connectivity index (χ3n) is 5.02. The molecule has 0 aliphatic heterocycles. The van der Waals surface area contributed by atoms with Crippen LogP contribution in [0.2, 0.25) is 0 Å². The number of hydrogen-bond donors (Lipinski definition) is 3. The lowest BCUT2D eigenvalue weighted by Gasteiger charge is -2.31. The SMILES string of the molecule is Cc1[nH]c2ccc(CNC(=O)C3(N)CCCCC3)cc2c1C. The van der Waals surface area contributed by atoms with Gasteiger partial charge < -0.3 is 16.0 Å². The van der Waals surface area contributed by atoms with Gasteiger partial charge in [0.25, 0.3) is 0 Å². The smallest absolute Gasteiger partial charge is 0.240 e. The van der Waals surface area contributed by atoms with E-state index < -0.39 is 5.54 Å². The quantitative estimate of drug-likeness (QED) is 0.815. The van der Waals surface area contributed by atoms with Crippen LogP contribution in [0.3, 0.4) is 0 Å². The number of hydrogen-bond acceptors (Lipinski definition) is 2. The average Bonchev–Trinajstić information content (AvgIpc) is 2.80. The zero-order valence-electron chi connectivity index (χ0n) is 13.5. The molecular weight excluding hydrogens is 274 g/mol. The van der Waals surface area contributed by atoms with Gasteiger partial charge in [0, 0.05) is 23.1 Å². The molecule has 118 valence electrons. The van der Waals surface area contributed by atoms with Crippen molar-refractivity contribution in [3.8, 4) is 0 Å². The molecule has 1 aliphatic carbocycles. The van der Waals surface area contributed by atoms with Crippen LogP contribution in [0.4, 0.5) is 0 Å². The molecule has 0 bridgehead atoms. The average molecular weight is 299 g/mol. The van der Waals surface area contributed by atoms with E-state index in [4.69, 9.17) is 5.73 Å². The van der Waals surface area contributed by atoms with Gasteiger partial charge in [-0.25, -0.2) is 0 Å². The molecule has 0 radical (unpaired) electrons. The third-order valence-corrected chi connectivity index (χ3v) is 5.02. The number of carbonyl (C=O) groups is 1. The number of amides is 1. The summed E-state index contributed by atoms with van der Waals surface area (Å²) in [5.74, 6) is -0.00531. The van der Waals surface area contributed by atoms with Gasteiger partial charge in [-0.15, -0.1) is 0 Å². The van der Waals surface area contributed by atoms with E-state index in [-0.39, 0.29) is 5.91 Å². The topological polar surface area (TPSA) is 70.9 Å². The van der Waals surface area contributed by atoms with E-state index in [1.165, 1.54) is 23.1 Å². The summed E-state index contributed by atoms with van der Waals surface area (Å²) in [6.45, 7) is 4.74. The van der Waals surface area contributed by atoms with Gasteiger partial charge >= 0.3 is 0 Å². The summed E-state index contributed by atoms with van der Waals surface area (Å²) >= 11 is 0. The first-order chi connectivity index (χ1) is 10.5. The summed E-state index contributed by atoms with van der Waals surface area (Å²) in [6, 6.07) is 6.29. The van der Waals surface area contributed by atoms with Crippen LogP contribution >= 0.6 is 0 Å². The second-order valence-corrected chi connectivity index (χ2v) is 6.65. The highest BCUT2D eigenvalue weighted by Crippen LogP contribution is 2.26. The number of benzene rings is 1. The number of fused-ring (bicyclic) bond motifs is 1. The molecule has 0 saturated heterocycles. The Hall–Kier alpha value is -1.81. The molecule has 1 fully saturated rings. The number of carbonyl (C=O) groups excluding carboxylic acids is 1. The molecule has 2 aromatic rings. The molecule has 1 aromatic carbocycles. The number of nitrogens with two attached hydrogens (primary N) is 1. The van der Waals surface area contributed by atoms with Crippen molar-refractivity contribution in [1.29, 1.82) is 0 Å². The number of nitrogens with one attached hydrogen (secondary N) is 2. The zero-order valence-corrected chi connectivity index (χ0v) is 13.5. The van der Waals surface area contributed by atoms with E-state index in [2.05, 4.69) is 42.3 Å². The highest BCUT2D eigenvalue weighted by atomic mass is 16.2. The molecule has 0 atom stereocenters. The van der Waals surface area contributed by atoms with Gasteiger partial charge in [-0.05, 0) is 49.9 Å². The standard InChI is InChI=1S/C18H25N3O/c1-12-13(2)21-16-7-6-14(10-15(12)16)11-20-17(22)18(19)8-4-3-5-9-18/h6-7,10,21H,3-5,8-9,11,19H2,1-2H3,(H,20,22). The number of aryl methyl sites for hydroxylation is 2. The van der Waals surface area contributed by atoms with E-state index in [1.807, 2.05) is 0 Å². The highest BCUT2D eigenvalue weighted by molar-refractivity contribution is 5.87. The summed E-state index contributed by atoms with van der Waals surface area (Å²) < 4.78 is 0. The molecule has 1 heterocycles. The zero-order chi connectivity index (χ0) is 15.7. The number of aromatic amines is 1. The van der Waals surface area contributed by atoms with E-state index >= 15 is 0 Å². The summed E-state index contributed by atoms with van der Waals surface area (Å²) in [6.07, 6.45) is 4.90. The molecular formula is C18H25N3O. The minimum absolute atomic E-state index is 0.00531. The van der Waals surface area contributed by atoms with Crippen molar-refractivity contribution in [1.82, 2.24) is 10.3 Å². The maximum absolute atomic E-state index is 12.4. The Bertz CT molecular complexity index is 696. The van der Waals surface area contributed by atoms with E-state index in [1.54, 1.807) is 0 Å². The fourth-order valence-corrected chi connectivity index (χ4v) is 3.39. The Labute approximate surface area is 131 Å². The Morgan fingerprint density at radius 2 is 2.00 bits per heavy atom. The van der Waals surface area contributed by atoms with Gasteiger partial charge in [0.05, 0.1) is 5.54 Å². The monoisotopic (exact) mass is 299 g/mol. The van der Waals surface area contributed by atoms with Crippen molar-refractivity contribution in [3.63, 3.8) is 0 Å². The maximum atomic E-state index is 12.4. The van der Waals surface area contributed by atoms with Crippen LogP contribution in [0.15, 0.2) is 18.2 Å². The number of rotatable bonds is 3. The van der Waals surface area contributed by atoms with Crippen molar-refractivity contribution < 1.29 is 4.79 Å². The molecule has 3 rings (SSSR count). The van der Waals surface area contributed by atoms with Crippen LogP contribution in [0.25, 0.3) is 10.9 Å². The van der Waals surface area contributed by atoms with Crippen LogP contribution in [0, 0.1) is 13.8 Å². The van der Waals surface area contributed by atoms with Crippen LogP contribution in [-0.4, -0.2) is 16.4 Å². The fraction of sp³-hybridized carbons (Fsp3) is 0.500. The van der Waals surface area contributed by atoms with Gasteiger partial charge in [0.15, 0.2) is 0 Å². The predicted octanol–water partition coefficient (Wildman–Crippen LogP) is 3.06. The molecule has 1 aromatic heterocycles. The first kappa shape index (κ1) is 15.1. The lowest BCUT2D eigenvalue weighted by molar-refractivity contribution is -0.127. The van der Waals surface area contributed by atoms with Crippen LogP contribution in [0.1, 0.15) is 48.9 Å². The van der Waals surface area contributed by atoms with Gasteiger partial charge in [0.2, 0.25) is 5.91 Å². The summed E-state index contributed by atoms with van der Waals surface area (Å²) in [4.78, 5) is 15.8. The number of aromatic nitrogens is 1. The normalized spacial score (nSPS) is 17.6. The molecule has 4 N–H and O–H groups in total. The molecule has 0 unspecified atom stereocenters. The summed E-state index contributed by atoms with van der Waals surface area (Å²) in [5, 5.41) is 4.25. The maximum Gasteiger partial charge on any atom is 0.240 e. The summed E-state index contributed by atoms with van der Waals surface area (Å²) in [7, 11) is 0. The van der Waals surface area contributed by atoms with Crippen molar-refractivity contribution >= 4 is 16.8 Å². The van der Waals surface area contributed by atoms with Crippen molar-refractivity contribution in [2.24, 2.45) is 5.73 Å². The summed E-state index contributed by atoms with van der Waals surface area (Å²) in [5.41, 5.74) is 10.3.